The number of sulfonamides is 1. The smallest absolute Gasteiger partial charge is 0.334 e. The van der Waals surface area contributed by atoms with E-state index in [2.05, 4.69) is 15.6 Å². The SMILES string of the molecule is N=C/C(=C1\NCCCO1)S(=O)(=O)NC(=O)Nc1nc(-c2ccccc2)cc2c1CCC2. The predicted molar refractivity (Wildman–Crippen MR) is 117 cm³/mol. The van der Waals surface area contributed by atoms with Crippen LogP contribution >= 0.6 is 0 Å². The molecule has 1 saturated heterocycles. The van der Waals surface area contributed by atoms with Crippen LogP contribution in [0.5, 0.6) is 0 Å². The lowest BCUT2D eigenvalue weighted by molar-refractivity contribution is 0.157. The fourth-order valence-electron chi connectivity index (χ4n) is 3.68. The molecule has 1 aliphatic heterocycles. The number of ether oxygens (including phenoxy) is 1. The van der Waals surface area contributed by atoms with Crippen molar-refractivity contribution in [3.63, 3.8) is 0 Å². The van der Waals surface area contributed by atoms with E-state index in [1.165, 1.54) is 0 Å². The summed E-state index contributed by atoms with van der Waals surface area (Å²) in [6.07, 6.45) is 3.94. The molecule has 162 valence electrons. The highest BCUT2D eigenvalue weighted by Crippen LogP contribution is 2.31. The Hall–Kier alpha value is -3.40. The maximum atomic E-state index is 12.7. The molecule has 2 heterocycles. The second kappa shape index (κ2) is 8.76. The maximum Gasteiger partial charge on any atom is 0.334 e. The van der Waals surface area contributed by atoms with E-state index in [-0.39, 0.29) is 5.88 Å². The molecule has 0 spiro atoms. The lowest BCUT2D eigenvalue weighted by Crippen LogP contribution is -2.38. The van der Waals surface area contributed by atoms with Crippen LogP contribution in [0.2, 0.25) is 0 Å². The van der Waals surface area contributed by atoms with Crippen molar-refractivity contribution in [3.8, 4) is 11.3 Å². The monoisotopic (exact) mass is 441 g/mol. The summed E-state index contributed by atoms with van der Waals surface area (Å²) in [5.74, 6) is 0.310. The topological polar surface area (TPSA) is 133 Å². The number of fused-ring (bicyclic) bond motifs is 1. The third-order valence-corrected chi connectivity index (χ3v) is 6.45. The van der Waals surface area contributed by atoms with Gasteiger partial charge < -0.3 is 15.5 Å². The number of nitrogens with zero attached hydrogens (tertiary/aromatic N) is 1. The van der Waals surface area contributed by atoms with Crippen molar-refractivity contribution in [2.24, 2.45) is 0 Å². The fourth-order valence-corrected chi connectivity index (χ4v) is 4.61. The maximum absolute atomic E-state index is 12.7. The van der Waals surface area contributed by atoms with E-state index in [1.54, 1.807) is 0 Å². The molecule has 4 N–H and O–H groups in total. The van der Waals surface area contributed by atoms with E-state index in [1.807, 2.05) is 41.1 Å². The van der Waals surface area contributed by atoms with Crippen LogP contribution in [0.15, 0.2) is 47.2 Å². The Morgan fingerprint density at radius 3 is 2.71 bits per heavy atom. The zero-order valence-electron chi connectivity index (χ0n) is 16.8. The van der Waals surface area contributed by atoms with Gasteiger partial charge in [-0.3, -0.25) is 5.32 Å². The quantitative estimate of drug-likeness (QED) is 0.527. The Bertz CT molecular complexity index is 1140. The van der Waals surface area contributed by atoms with E-state index in [9.17, 15) is 13.2 Å². The summed E-state index contributed by atoms with van der Waals surface area (Å²) in [5.41, 5.74) is 3.62. The average molecular weight is 442 g/mol. The van der Waals surface area contributed by atoms with Gasteiger partial charge in [-0.1, -0.05) is 30.3 Å². The Labute approximate surface area is 180 Å². The number of allylic oxidation sites excluding steroid dienone is 1. The predicted octanol–water partition coefficient (Wildman–Crippen LogP) is 2.52. The molecular weight excluding hydrogens is 418 g/mol. The van der Waals surface area contributed by atoms with Gasteiger partial charge in [-0.25, -0.2) is 22.9 Å². The van der Waals surface area contributed by atoms with Gasteiger partial charge in [-0.15, -0.1) is 0 Å². The minimum atomic E-state index is -4.31. The van der Waals surface area contributed by atoms with Gasteiger partial charge in [0.25, 0.3) is 10.0 Å². The number of carbonyl (C=O) groups is 1. The molecule has 0 saturated carbocycles. The molecule has 2 aliphatic rings. The number of nitrogens with one attached hydrogen (secondary N) is 4. The first-order valence-electron chi connectivity index (χ1n) is 10.0. The zero-order valence-corrected chi connectivity index (χ0v) is 17.6. The molecular formula is C21H23N5O4S. The molecule has 2 aromatic rings. The van der Waals surface area contributed by atoms with E-state index in [0.717, 1.165) is 42.4 Å². The van der Waals surface area contributed by atoms with Gasteiger partial charge in [-0.2, -0.15) is 0 Å². The van der Waals surface area contributed by atoms with E-state index >= 15 is 0 Å². The van der Waals surface area contributed by atoms with Crippen LogP contribution in [-0.2, 0) is 27.6 Å². The van der Waals surface area contributed by atoms with Crippen LogP contribution in [0, 0.1) is 5.41 Å². The van der Waals surface area contributed by atoms with E-state index in [4.69, 9.17) is 10.1 Å². The molecule has 0 bridgehead atoms. The number of anilines is 1. The first kappa shape index (κ1) is 20.9. The van der Waals surface area contributed by atoms with Crippen LogP contribution in [-0.4, -0.2) is 38.8 Å². The highest BCUT2D eigenvalue weighted by Gasteiger charge is 2.27. The Morgan fingerprint density at radius 1 is 1.19 bits per heavy atom. The summed E-state index contributed by atoms with van der Waals surface area (Å²) in [7, 11) is -4.31. The van der Waals surface area contributed by atoms with Gasteiger partial charge in [-0.05, 0) is 42.9 Å². The van der Waals surface area contributed by atoms with Gasteiger partial charge in [0.15, 0.2) is 4.91 Å². The number of hydrogen-bond donors (Lipinski definition) is 4. The molecule has 1 aromatic heterocycles. The van der Waals surface area contributed by atoms with Crippen molar-refractivity contribution in [2.75, 3.05) is 18.5 Å². The molecule has 31 heavy (non-hydrogen) atoms. The lowest BCUT2D eigenvalue weighted by atomic mass is 10.1. The lowest BCUT2D eigenvalue weighted by Gasteiger charge is -2.20. The molecule has 1 fully saturated rings. The molecule has 9 nitrogen and oxygen atoms in total. The molecule has 4 rings (SSSR count). The highest BCUT2D eigenvalue weighted by molar-refractivity contribution is 7.94. The summed E-state index contributed by atoms with van der Waals surface area (Å²) in [4.78, 5) is 16.7. The summed E-state index contributed by atoms with van der Waals surface area (Å²) in [6.45, 7) is 0.862. The first-order valence-corrected chi connectivity index (χ1v) is 11.5. The molecule has 2 amide bonds. The van der Waals surface area contributed by atoms with Crippen molar-refractivity contribution >= 4 is 28.1 Å². The number of amides is 2. The molecule has 0 radical (unpaired) electrons. The van der Waals surface area contributed by atoms with Crippen molar-refractivity contribution in [1.29, 1.82) is 5.41 Å². The average Bonchev–Trinajstić information content (AvgIpc) is 3.24. The summed E-state index contributed by atoms with van der Waals surface area (Å²) >= 11 is 0. The fraction of sp³-hybridized carbons (Fsp3) is 0.286. The standard InChI is InChI=1S/C21H23N5O4S/c22-13-18(20-23-10-5-11-30-20)31(28,29)26-21(27)25-19-16-9-4-8-15(16)12-17(24-19)14-6-2-1-3-7-14/h1-3,6-7,12-13,22-23H,4-5,8-11H2,(H2,24,25,26,27)/b20-18-,22-13?. The van der Waals surface area contributed by atoms with Crippen LogP contribution < -0.4 is 15.4 Å². The summed E-state index contributed by atoms with van der Waals surface area (Å²) in [5, 5.41) is 12.9. The number of hydrogen-bond acceptors (Lipinski definition) is 7. The molecule has 10 heteroatoms. The van der Waals surface area contributed by atoms with Crippen LogP contribution in [0.25, 0.3) is 11.3 Å². The second-order valence-corrected chi connectivity index (χ2v) is 8.89. The van der Waals surface area contributed by atoms with Gasteiger partial charge in [0, 0.05) is 18.3 Å². The van der Waals surface area contributed by atoms with E-state index in [0.29, 0.717) is 30.9 Å². The molecule has 0 unspecified atom stereocenters. The minimum absolute atomic E-state index is 0.0355. The highest BCUT2D eigenvalue weighted by atomic mass is 32.2. The first-order chi connectivity index (χ1) is 15.0. The van der Waals surface area contributed by atoms with Gasteiger partial charge in [0.05, 0.1) is 12.3 Å². The number of aromatic nitrogens is 1. The number of aryl methyl sites for hydroxylation is 1. The number of urea groups is 1. The van der Waals surface area contributed by atoms with Crippen molar-refractivity contribution in [1.82, 2.24) is 15.0 Å². The van der Waals surface area contributed by atoms with Crippen LogP contribution in [0.4, 0.5) is 10.6 Å². The van der Waals surface area contributed by atoms with E-state index < -0.39 is 21.0 Å². The largest absolute Gasteiger partial charge is 0.478 e. The van der Waals surface area contributed by atoms with Crippen LogP contribution in [0.3, 0.4) is 0 Å². The molecule has 1 aliphatic carbocycles. The Balaban J connectivity index is 1.59. The molecule has 1 aromatic carbocycles. The van der Waals surface area contributed by atoms with Crippen molar-refractivity contribution in [2.45, 2.75) is 25.7 Å². The summed E-state index contributed by atoms with van der Waals surface area (Å²) in [6, 6.07) is 10.7. The normalized spacial score (nSPS) is 17.0. The van der Waals surface area contributed by atoms with Crippen molar-refractivity contribution < 1.29 is 17.9 Å². The number of carbonyl (C=O) groups excluding carboxylic acids is 1. The third kappa shape index (κ3) is 4.53. The Morgan fingerprint density at radius 2 is 2.00 bits per heavy atom. The van der Waals surface area contributed by atoms with Gasteiger partial charge in [0.2, 0.25) is 5.88 Å². The Kier molecular flexibility index (Phi) is 5.90. The zero-order chi connectivity index (χ0) is 21.8. The molecule has 0 atom stereocenters. The third-order valence-electron chi connectivity index (χ3n) is 5.12. The number of rotatable bonds is 5. The van der Waals surface area contributed by atoms with Gasteiger partial charge in [0.1, 0.15) is 5.82 Å². The number of pyridine rings is 1. The van der Waals surface area contributed by atoms with Crippen molar-refractivity contribution in [3.05, 3.63) is 58.3 Å². The van der Waals surface area contributed by atoms with Crippen LogP contribution in [0.1, 0.15) is 24.0 Å². The summed E-state index contributed by atoms with van der Waals surface area (Å²) < 4.78 is 32.6. The number of benzene rings is 1. The van der Waals surface area contributed by atoms with Gasteiger partial charge >= 0.3 is 6.03 Å². The second-order valence-electron chi connectivity index (χ2n) is 7.24. The minimum Gasteiger partial charge on any atom is -0.478 e.